The van der Waals surface area contributed by atoms with E-state index in [4.69, 9.17) is 9.84 Å². The molecule has 9 nitrogen and oxygen atoms in total. The van der Waals surface area contributed by atoms with Gasteiger partial charge in [0.15, 0.2) is 0 Å². The van der Waals surface area contributed by atoms with E-state index in [-0.39, 0.29) is 24.8 Å². The molecule has 156 valence electrons. The lowest BCUT2D eigenvalue weighted by molar-refractivity contribution is -0.137. The Balaban J connectivity index is 1.55. The molecular weight excluding hydrogens is 376 g/mol. The molecule has 0 saturated carbocycles. The number of amides is 3. The Morgan fingerprint density at radius 1 is 1.14 bits per heavy atom. The first-order valence-corrected chi connectivity index (χ1v) is 9.73. The minimum absolute atomic E-state index is 0.0649. The summed E-state index contributed by atoms with van der Waals surface area (Å²) >= 11 is 0. The second kappa shape index (κ2) is 10.1. The van der Waals surface area contributed by atoms with Gasteiger partial charge in [-0.2, -0.15) is 0 Å². The summed E-state index contributed by atoms with van der Waals surface area (Å²) in [5, 5.41) is 14.8. The molecule has 29 heavy (non-hydrogen) atoms. The molecule has 1 saturated heterocycles. The van der Waals surface area contributed by atoms with Gasteiger partial charge in [0.1, 0.15) is 5.70 Å². The molecule has 3 rings (SSSR count). The summed E-state index contributed by atoms with van der Waals surface area (Å²) in [6.45, 7) is 4.39. The van der Waals surface area contributed by atoms with Crippen molar-refractivity contribution in [2.75, 3.05) is 57.9 Å². The summed E-state index contributed by atoms with van der Waals surface area (Å²) in [4.78, 5) is 40.0. The van der Waals surface area contributed by atoms with Gasteiger partial charge in [0, 0.05) is 25.7 Å². The number of morpholine rings is 1. The Morgan fingerprint density at radius 3 is 2.66 bits per heavy atom. The fourth-order valence-corrected chi connectivity index (χ4v) is 3.27. The lowest BCUT2D eigenvalue weighted by Crippen LogP contribution is -2.38. The fraction of sp³-hybridized carbons (Fsp3) is 0.450. The number of aliphatic hydroxyl groups is 1. The predicted octanol–water partition coefficient (Wildman–Crippen LogP) is -0.204. The summed E-state index contributed by atoms with van der Waals surface area (Å²) in [5.41, 5.74) is 0.910. The van der Waals surface area contributed by atoms with Gasteiger partial charge in [-0.25, -0.2) is 0 Å². The van der Waals surface area contributed by atoms with Crippen molar-refractivity contribution in [3.05, 3.63) is 41.6 Å². The molecule has 0 atom stereocenters. The van der Waals surface area contributed by atoms with Crippen molar-refractivity contribution in [1.29, 1.82) is 0 Å². The van der Waals surface area contributed by atoms with Crippen LogP contribution in [0.2, 0.25) is 0 Å². The van der Waals surface area contributed by atoms with Crippen LogP contribution in [0.3, 0.4) is 0 Å². The number of nitrogens with one attached hydrogen (secondary N) is 2. The molecule has 0 radical (unpaired) electrons. The van der Waals surface area contributed by atoms with Gasteiger partial charge in [-0.15, -0.1) is 0 Å². The maximum absolute atomic E-state index is 12.6. The van der Waals surface area contributed by atoms with Gasteiger partial charge >= 0.3 is 0 Å². The first-order valence-electron chi connectivity index (χ1n) is 9.73. The van der Waals surface area contributed by atoms with Crippen molar-refractivity contribution in [3.8, 4) is 0 Å². The van der Waals surface area contributed by atoms with Crippen LogP contribution in [0.15, 0.2) is 36.0 Å². The number of imide groups is 1. The highest BCUT2D eigenvalue weighted by Crippen LogP contribution is 2.20. The molecule has 3 amide bonds. The van der Waals surface area contributed by atoms with E-state index in [2.05, 4.69) is 15.5 Å². The summed E-state index contributed by atoms with van der Waals surface area (Å²) in [6, 6.07) is 6.82. The van der Waals surface area contributed by atoms with Crippen molar-refractivity contribution in [2.45, 2.75) is 6.42 Å². The first kappa shape index (κ1) is 21.0. The highest BCUT2D eigenvalue weighted by Gasteiger charge is 2.31. The molecule has 0 bridgehead atoms. The minimum atomic E-state index is -0.523. The number of β-amino-alcohol motifs (C(OH)–C–C–N with tert-alkyl or cyclic N) is 1. The number of rotatable bonds is 9. The zero-order chi connectivity index (χ0) is 20.6. The molecule has 1 fully saturated rings. The molecule has 9 heteroatoms. The molecule has 1 aromatic rings. The fourth-order valence-electron chi connectivity index (χ4n) is 3.27. The largest absolute Gasteiger partial charge is 0.395 e. The average molecular weight is 402 g/mol. The number of carbonyl (C=O) groups excluding carboxylic acids is 3. The second-order valence-electron chi connectivity index (χ2n) is 6.81. The highest BCUT2D eigenvalue weighted by atomic mass is 16.5. The number of benzene rings is 1. The van der Waals surface area contributed by atoms with Crippen LogP contribution in [0.4, 0.5) is 5.69 Å². The van der Waals surface area contributed by atoms with Crippen LogP contribution in [0.5, 0.6) is 0 Å². The van der Waals surface area contributed by atoms with Gasteiger partial charge in [0.2, 0.25) is 0 Å². The number of nitrogens with zero attached hydrogens (tertiary/aromatic N) is 2. The number of hydrogen-bond acceptors (Lipinski definition) is 7. The van der Waals surface area contributed by atoms with Crippen molar-refractivity contribution in [3.63, 3.8) is 0 Å². The second-order valence-corrected chi connectivity index (χ2v) is 6.81. The molecule has 2 heterocycles. The maximum atomic E-state index is 12.6. The first-order chi connectivity index (χ1) is 14.1. The standard InChI is InChI=1S/C20H26N4O5/c25-11-8-24-18(26)14-17(20(24)28)22-16-5-2-1-4-15(16)19(27)21-6-3-7-23-9-12-29-13-10-23/h1-2,4-5,14,22,25H,3,6-13H2,(H,21,27). The summed E-state index contributed by atoms with van der Waals surface area (Å²) in [6.07, 6.45) is 2.00. The number of aliphatic hydroxyl groups excluding tert-OH is 1. The number of anilines is 1. The van der Waals surface area contributed by atoms with E-state index in [1.54, 1.807) is 24.3 Å². The zero-order valence-corrected chi connectivity index (χ0v) is 16.2. The topological polar surface area (TPSA) is 111 Å². The Labute approximate surface area is 169 Å². The van der Waals surface area contributed by atoms with Crippen molar-refractivity contribution in [2.24, 2.45) is 0 Å². The average Bonchev–Trinajstić information content (AvgIpc) is 3.00. The summed E-state index contributed by atoms with van der Waals surface area (Å²) in [5.74, 6) is -1.26. The smallest absolute Gasteiger partial charge is 0.277 e. The normalized spacial score (nSPS) is 17.4. The van der Waals surface area contributed by atoms with Crippen molar-refractivity contribution in [1.82, 2.24) is 15.1 Å². The van der Waals surface area contributed by atoms with E-state index in [0.29, 0.717) is 17.8 Å². The van der Waals surface area contributed by atoms with Crippen LogP contribution in [0.1, 0.15) is 16.8 Å². The molecular formula is C20H26N4O5. The lowest BCUT2D eigenvalue weighted by Gasteiger charge is -2.26. The predicted molar refractivity (Wildman–Crippen MR) is 106 cm³/mol. The third-order valence-electron chi connectivity index (χ3n) is 4.81. The molecule has 0 spiro atoms. The zero-order valence-electron chi connectivity index (χ0n) is 16.2. The van der Waals surface area contributed by atoms with Crippen molar-refractivity contribution >= 4 is 23.4 Å². The Hall–Kier alpha value is -2.75. The van der Waals surface area contributed by atoms with Gasteiger partial charge in [-0.1, -0.05) is 12.1 Å². The number of carbonyl (C=O) groups is 3. The quantitative estimate of drug-likeness (QED) is 0.387. The lowest BCUT2D eigenvalue weighted by atomic mass is 10.1. The van der Waals surface area contributed by atoms with Crippen LogP contribution in [0.25, 0.3) is 0 Å². The van der Waals surface area contributed by atoms with E-state index >= 15 is 0 Å². The van der Waals surface area contributed by atoms with E-state index in [0.717, 1.165) is 44.2 Å². The SMILES string of the molecule is O=C(NCCCN1CCOCC1)c1ccccc1NC1=CC(=O)N(CCO)C1=O. The van der Waals surface area contributed by atoms with E-state index < -0.39 is 11.8 Å². The van der Waals surface area contributed by atoms with Gasteiger partial charge in [0.25, 0.3) is 17.7 Å². The highest BCUT2D eigenvalue weighted by molar-refractivity contribution is 6.17. The Bertz CT molecular complexity index is 789. The molecule has 2 aliphatic heterocycles. The third kappa shape index (κ3) is 5.41. The Kier molecular flexibility index (Phi) is 7.34. The maximum Gasteiger partial charge on any atom is 0.277 e. The van der Waals surface area contributed by atoms with Crippen LogP contribution in [-0.4, -0.2) is 85.2 Å². The molecule has 3 N–H and O–H groups in total. The monoisotopic (exact) mass is 402 g/mol. The molecule has 1 aromatic carbocycles. The van der Waals surface area contributed by atoms with Crippen LogP contribution in [-0.2, 0) is 14.3 Å². The molecule has 0 aromatic heterocycles. The van der Waals surface area contributed by atoms with Crippen LogP contribution < -0.4 is 10.6 Å². The third-order valence-corrected chi connectivity index (χ3v) is 4.81. The van der Waals surface area contributed by atoms with E-state index in [1.165, 1.54) is 6.08 Å². The van der Waals surface area contributed by atoms with Crippen LogP contribution >= 0.6 is 0 Å². The number of ether oxygens (including phenoxy) is 1. The number of para-hydroxylation sites is 1. The van der Waals surface area contributed by atoms with Gasteiger partial charge in [-0.3, -0.25) is 24.2 Å². The van der Waals surface area contributed by atoms with Gasteiger partial charge in [0.05, 0.1) is 37.6 Å². The number of hydrogen-bond donors (Lipinski definition) is 3. The van der Waals surface area contributed by atoms with E-state index in [1.807, 2.05) is 0 Å². The summed E-state index contributed by atoms with van der Waals surface area (Å²) in [7, 11) is 0. The molecule has 0 aliphatic carbocycles. The van der Waals surface area contributed by atoms with Gasteiger partial charge in [-0.05, 0) is 25.1 Å². The Morgan fingerprint density at radius 2 is 1.90 bits per heavy atom. The van der Waals surface area contributed by atoms with Gasteiger partial charge < -0.3 is 20.5 Å². The van der Waals surface area contributed by atoms with E-state index in [9.17, 15) is 14.4 Å². The minimum Gasteiger partial charge on any atom is -0.395 e. The summed E-state index contributed by atoms with van der Waals surface area (Å²) < 4.78 is 5.32. The van der Waals surface area contributed by atoms with Crippen molar-refractivity contribution < 1.29 is 24.2 Å². The molecule has 2 aliphatic rings. The van der Waals surface area contributed by atoms with Crippen LogP contribution in [0, 0.1) is 0 Å². The molecule has 0 unspecified atom stereocenters.